The van der Waals surface area contributed by atoms with Crippen LogP contribution in [-0.4, -0.2) is 4.98 Å². The third kappa shape index (κ3) is 2.32. The SMILES string of the molecule is CC.Cc1ccnc2cc(Br)ccc12. The van der Waals surface area contributed by atoms with Crippen molar-refractivity contribution in [2.45, 2.75) is 20.8 Å². The highest BCUT2D eigenvalue weighted by Gasteiger charge is 1.96. The first kappa shape index (κ1) is 11.2. The summed E-state index contributed by atoms with van der Waals surface area (Å²) in [7, 11) is 0. The maximum absolute atomic E-state index is 4.27. The van der Waals surface area contributed by atoms with E-state index in [4.69, 9.17) is 0 Å². The Morgan fingerprint density at radius 3 is 2.57 bits per heavy atom. The molecule has 0 saturated heterocycles. The van der Waals surface area contributed by atoms with Crippen molar-refractivity contribution in [3.05, 3.63) is 40.5 Å². The van der Waals surface area contributed by atoms with Crippen LogP contribution in [0.3, 0.4) is 0 Å². The fraction of sp³-hybridized carbons (Fsp3) is 0.250. The van der Waals surface area contributed by atoms with Crippen molar-refractivity contribution in [3.8, 4) is 0 Å². The molecule has 0 N–H and O–H groups in total. The van der Waals surface area contributed by atoms with Gasteiger partial charge in [-0.3, -0.25) is 4.98 Å². The zero-order valence-corrected chi connectivity index (χ0v) is 10.3. The van der Waals surface area contributed by atoms with E-state index < -0.39 is 0 Å². The number of benzene rings is 1. The summed E-state index contributed by atoms with van der Waals surface area (Å²) in [5.41, 5.74) is 2.32. The summed E-state index contributed by atoms with van der Waals surface area (Å²) in [5.74, 6) is 0. The predicted octanol–water partition coefficient (Wildman–Crippen LogP) is 4.33. The van der Waals surface area contributed by atoms with Gasteiger partial charge in [-0.15, -0.1) is 0 Å². The van der Waals surface area contributed by atoms with Crippen LogP contribution in [0.2, 0.25) is 0 Å². The first-order chi connectivity index (χ1) is 6.77. The average Bonchev–Trinajstić information content (AvgIpc) is 2.21. The molecule has 0 aliphatic carbocycles. The Morgan fingerprint density at radius 2 is 1.86 bits per heavy atom. The van der Waals surface area contributed by atoms with Gasteiger partial charge in [0.1, 0.15) is 0 Å². The van der Waals surface area contributed by atoms with Gasteiger partial charge >= 0.3 is 0 Å². The molecule has 2 rings (SSSR count). The van der Waals surface area contributed by atoms with Crippen LogP contribution >= 0.6 is 15.9 Å². The lowest BCUT2D eigenvalue weighted by atomic mass is 10.1. The summed E-state index contributed by atoms with van der Waals surface area (Å²) in [6, 6.07) is 8.18. The van der Waals surface area contributed by atoms with Gasteiger partial charge < -0.3 is 0 Å². The number of pyridine rings is 1. The molecule has 0 amide bonds. The Balaban J connectivity index is 0.000000461. The second-order valence-corrected chi connectivity index (χ2v) is 3.70. The molecule has 0 saturated carbocycles. The van der Waals surface area contributed by atoms with Gasteiger partial charge in [-0.2, -0.15) is 0 Å². The van der Waals surface area contributed by atoms with E-state index in [1.54, 1.807) is 0 Å². The number of hydrogen-bond donors (Lipinski definition) is 0. The van der Waals surface area contributed by atoms with E-state index in [1.807, 2.05) is 38.2 Å². The molecule has 0 aliphatic rings. The molecule has 2 aromatic rings. The van der Waals surface area contributed by atoms with Crippen LogP contribution in [0.1, 0.15) is 19.4 Å². The van der Waals surface area contributed by atoms with Crippen LogP contribution in [0, 0.1) is 6.92 Å². The Morgan fingerprint density at radius 1 is 1.14 bits per heavy atom. The molecule has 0 unspecified atom stereocenters. The fourth-order valence-corrected chi connectivity index (χ4v) is 1.61. The largest absolute Gasteiger partial charge is 0.256 e. The molecule has 2 heteroatoms. The molecule has 74 valence electrons. The highest BCUT2D eigenvalue weighted by molar-refractivity contribution is 9.10. The van der Waals surface area contributed by atoms with E-state index >= 15 is 0 Å². The third-order valence-electron chi connectivity index (χ3n) is 1.92. The maximum atomic E-state index is 4.27. The lowest BCUT2D eigenvalue weighted by Gasteiger charge is -2.00. The highest BCUT2D eigenvalue weighted by atomic mass is 79.9. The van der Waals surface area contributed by atoms with Crippen molar-refractivity contribution in [3.63, 3.8) is 0 Å². The summed E-state index contributed by atoms with van der Waals surface area (Å²) < 4.78 is 1.08. The number of hydrogen-bond acceptors (Lipinski definition) is 1. The van der Waals surface area contributed by atoms with Crippen LogP contribution < -0.4 is 0 Å². The molecule has 0 fully saturated rings. The number of nitrogens with zero attached hydrogens (tertiary/aromatic N) is 1. The monoisotopic (exact) mass is 251 g/mol. The van der Waals surface area contributed by atoms with Crippen molar-refractivity contribution in [2.24, 2.45) is 0 Å². The molecule has 1 heterocycles. The van der Waals surface area contributed by atoms with Gasteiger partial charge in [-0.1, -0.05) is 35.8 Å². The molecule has 14 heavy (non-hydrogen) atoms. The van der Waals surface area contributed by atoms with Crippen LogP contribution in [0.5, 0.6) is 0 Å². The Hall–Kier alpha value is -0.890. The van der Waals surface area contributed by atoms with Crippen molar-refractivity contribution in [1.29, 1.82) is 0 Å². The van der Waals surface area contributed by atoms with E-state index in [2.05, 4.69) is 33.9 Å². The molecule has 1 nitrogen and oxygen atoms in total. The highest BCUT2D eigenvalue weighted by Crippen LogP contribution is 2.19. The number of fused-ring (bicyclic) bond motifs is 1. The molecule has 1 aromatic heterocycles. The van der Waals surface area contributed by atoms with Gasteiger partial charge in [0, 0.05) is 16.1 Å². The summed E-state index contributed by atoms with van der Waals surface area (Å²) in [6.45, 7) is 6.10. The maximum Gasteiger partial charge on any atom is 0.0715 e. The first-order valence-electron chi connectivity index (χ1n) is 4.78. The number of halogens is 1. The van der Waals surface area contributed by atoms with Gasteiger partial charge in [0.05, 0.1) is 5.52 Å². The van der Waals surface area contributed by atoms with E-state index in [0.29, 0.717) is 0 Å². The van der Waals surface area contributed by atoms with E-state index in [-0.39, 0.29) is 0 Å². The molecular weight excluding hydrogens is 238 g/mol. The summed E-state index contributed by atoms with van der Waals surface area (Å²) >= 11 is 3.42. The van der Waals surface area contributed by atoms with Gasteiger partial charge in [0.25, 0.3) is 0 Å². The van der Waals surface area contributed by atoms with E-state index in [9.17, 15) is 0 Å². The first-order valence-corrected chi connectivity index (χ1v) is 5.57. The minimum absolute atomic E-state index is 1.05. The Bertz CT molecular complexity index is 424. The zero-order chi connectivity index (χ0) is 10.6. The number of aromatic nitrogens is 1. The van der Waals surface area contributed by atoms with Crippen LogP contribution in [0.15, 0.2) is 34.9 Å². The Labute approximate surface area is 93.3 Å². The predicted molar refractivity (Wildman–Crippen MR) is 65.5 cm³/mol. The summed E-state index contributed by atoms with van der Waals surface area (Å²) in [6.07, 6.45) is 1.84. The van der Waals surface area contributed by atoms with E-state index in [0.717, 1.165) is 9.99 Å². The van der Waals surface area contributed by atoms with Crippen molar-refractivity contribution < 1.29 is 0 Å². The molecule has 0 atom stereocenters. The molecule has 0 spiro atoms. The van der Waals surface area contributed by atoms with E-state index in [1.165, 1.54) is 10.9 Å². The van der Waals surface area contributed by atoms with Gasteiger partial charge in [-0.25, -0.2) is 0 Å². The normalized spacial score (nSPS) is 9.43. The molecule has 1 aromatic carbocycles. The van der Waals surface area contributed by atoms with Crippen LogP contribution in [0.25, 0.3) is 10.9 Å². The summed E-state index contributed by atoms with van der Waals surface area (Å²) in [5, 5.41) is 1.22. The lowest BCUT2D eigenvalue weighted by Crippen LogP contribution is -1.81. The average molecular weight is 252 g/mol. The minimum Gasteiger partial charge on any atom is -0.256 e. The molecular formula is C12H14BrN. The second kappa shape index (κ2) is 5.11. The van der Waals surface area contributed by atoms with Crippen LogP contribution in [-0.2, 0) is 0 Å². The molecule has 0 bridgehead atoms. The standard InChI is InChI=1S/C10H8BrN.C2H6/c1-7-4-5-12-10-6-8(11)2-3-9(7)10;1-2/h2-6H,1H3;1-2H3. The molecule has 0 radical (unpaired) electrons. The second-order valence-electron chi connectivity index (χ2n) is 2.79. The zero-order valence-electron chi connectivity index (χ0n) is 8.71. The smallest absolute Gasteiger partial charge is 0.0715 e. The van der Waals surface area contributed by atoms with Gasteiger partial charge in [-0.05, 0) is 30.7 Å². The summed E-state index contributed by atoms with van der Waals surface area (Å²) in [4.78, 5) is 4.27. The number of aryl methyl sites for hydroxylation is 1. The third-order valence-corrected chi connectivity index (χ3v) is 2.42. The van der Waals surface area contributed by atoms with Gasteiger partial charge in [0.15, 0.2) is 0 Å². The Kier molecular flexibility index (Phi) is 4.08. The number of rotatable bonds is 0. The minimum atomic E-state index is 1.05. The molecule has 0 aliphatic heterocycles. The van der Waals surface area contributed by atoms with Gasteiger partial charge in [0.2, 0.25) is 0 Å². The lowest BCUT2D eigenvalue weighted by molar-refractivity contribution is 1.36. The fourth-order valence-electron chi connectivity index (χ4n) is 1.26. The van der Waals surface area contributed by atoms with Crippen LogP contribution in [0.4, 0.5) is 0 Å². The van der Waals surface area contributed by atoms with Crippen molar-refractivity contribution >= 4 is 26.8 Å². The van der Waals surface area contributed by atoms with Crippen molar-refractivity contribution in [2.75, 3.05) is 0 Å². The topological polar surface area (TPSA) is 12.9 Å². The quantitative estimate of drug-likeness (QED) is 0.679. The van der Waals surface area contributed by atoms with Crippen molar-refractivity contribution in [1.82, 2.24) is 4.98 Å².